The molecular formula is C10H13ClN2O3S. The minimum Gasteiger partial charge on any atom is -0.317 e. The van der Waals surface area contributed by atoms with Crippen LogP contribution < -0.4 is 10.5 Å². The molecule has 1 aliphatic carbocycles. The SMILES string of the molecule is Cl.NC1(C(=O)NS(=O)(=O)c2ccccc2)CC1. The van der Waals surface area contributed by atoms with Gasteiger partial charge in [-0.1, -0.05) is 18.2 Å². The molecule has 5 nitrogen and oxygen atoms in total. The Morgan fingerprint density at radius 1 is 1.24 bits per heavy atom. The van der Waals surface area contributed by atoms with Gasteiger partial charge >= 0.3 is 0 Å². The standard InChI is InChI=1S/C10H12N2O3S.ClH/c11-10(6-7-10)9(13)12-16(14,15)8-4-2-1-3-5-8;/h1-5H,6-7,11H2,(H,12,13);1H. The molecule has 17 heavy (non-hydrogen) atoms. The zero-order valence-electron chi connectivity index (χ0n) is 8.92. The fourth-order valence-electron chi connectivity index (χ4n) is 1.24. The Morgan fingerprint density at radius 2 is 1.76 bits per heavy atom. The molecule has 94 valence electrons. The second-order valence-electron chi connectivity index (χ2n) is 3.90. The maximum atomic E-state index is 11.7. The molecule has 0 atom stereocenters. The van der Waals surface area contributed by atoms with Crippen molar-refractivity contribution in [3.63, 3.8) is 0 Å². The van der Waals surface area contributed by atoms with E-state index in [4.69, 9.17) is 5.73 Å². The van der Waals surface area contributed by atoms with Gasteiger partial charge in [-0.15, -0.1) is 12.4 Å². The van der Waals surface area contributed by atoms with Crippen LogP contribution in [-0.4, -0.2) is 19.9 Å². The molecule has 0 radical (unpaired) electrons. The number of carbonyl (C=O) groups excluding carboxylic acids is 1. The predicted octanol–water partition coefficient (Wildman–Crippen LogP) is 0.405. The molecule has 1 amide bonds. The van der Waals surface area contributed by atoms with Crippen LogP contribution in [0.5, 0.6) is 0 Å². The molecule has 1 aliphatic rings. The zero-order valence-corrected chi connectivity index (χ0v) is 10.6. The highest BCUT2D eigenvalue weighted by atomic mass is 35.5. The molecule has 1 saturated carbocycles. The van der Waals surface area contributed by atoms with Crippen LogP contribution in [0.25, 0.3) is 0 Å². The van der Waals surface area contributed by atoms with Crippen LogP contribution in [-0.2, 0) is 14.8 Å². The number of rotatable bonds is 3. The van der Waals surface area contributed by atoms with E-state index >= 15 is 0 Å². The van der Waals surface area contributed by atoms with Gasteiger partial charge in [-0.05, 0) is 25.0 Å². The second kappa shape index (κ2) is 4.64. The summed E-state index contributed by atoms with van der Waals surface area (Å²) in [5.41, 5.74) is 4.61. The van der Waals surface area contributed by atoms with Gasteiger partial charge in [0.1, 0.15) is 0 Å². The summed E-state index contributed by atoms with van der Waals surface area (Å²) >= 11 is 0. The number of sulfonamides is 1. The summed E-state index contributed by atoms with van der Waals surface area (Å²) in [5.74, 6) is -0.628. The highest BCUT2D eigenvalue weighted by molar-refractivity contribution is 7.90. The number of halogens is 1. The first kappa shape index (κ1) is 14.0. The highest BCUT2D eigenvalue weighted by Gasteiger charge is 2.47. The van der Waals surface area contributed by atoms with Crippen LogP contribution in [0.2, 0.25) is 0 Å². The molecule has 0 spiro atoms. The van der Waals surface area contributed by atoms with Crippen molar-refractivity contribution in [2.24, 2.45) is 5.73 Å². The molecule has 0 aromatic heterocycles. The largest absolute Gasteiger partial charge is 0.317 e. The quantitative estimate of drug-likeness (QED) is 0.836. The monoisotopic (exact) mass is 276 g/mol. The van der Waals surface area contributed by atoms with Crippen LogP contribution in [0, 0.1) is 0 Å². The van der Waals surface area contributed by atoms with Crippen molar-refractivity contribution in [3.8, 4) is 0 Å². The molecule has 3 N–H and O–H groups in total. The Bertz CT molecular complexity index is 512. The van der Waals surface area contributed by atoms with Gasteiger partial charge in [0.2, 0.25) is 0 Å². The van der Waals surface area contributed by atoms with E-state index in [0.717, 1.165) is 0 Å². The third-order valence-corrected chi connectivity index (χ3v) is 3.87. The summed E-state index contributed by atoms with van der Waals surface area (Å²) in [6, 6.07) is 7.73. The fourth-order valence-corrected chi connectivity index (χ4v) is 2.32. The van der Waals surface area contributed by atoms with Crippen LogP contribution in [0.3, 0.4) is 0 Å². The van der Waals surface area contributed by atoms with Gasteiger partial charge < -0.3 is 5.73 Å². The number of amides is 1. The van der Waals surface area contributed by atoms with Crippen molar-refractivity contribution in [2.75, 3.05) is 0 Å². The van der Waals surface area contributed by atoms with E-state index < -0.39 is 21.5 Å². The lowest BCUT2D eigenvalue weighted by molar-refractivity contribution is -0.121. The van der Waals surface area contributed by atoms with E-state index in [1.54, 1.807) is 18.2 Å². The van der Waals surface area contributed by atoms with Crippen molar-refractivity contribution in [1.29, 1.82) is 0 Å². The van der Waals surface area contributed by atoms with Crippen LogP contribution in [0.1, 0.15) is 12.8 Å². The lowest BCUT2D eigenvalue weighted by atomic mass is 10.3. The molecule has 0 saturated heterocycles. The van der Waals surface area contributed by atoms with E-state index in [1.807, 2.05) is 4.72 Å². The Kier molecular flexibility index (Phi) is 3.81. The topological polar surface area (TPSA) is 89.3 Å². The third kappa shape index (κ3) is 2.96. The summed E-state index contributed by atoms with van der Waals surface area (Å²) in [6.45, 7) is 0. The van der Waals surface area contributed by atoms with E-state index in [0.29, 0.717) is 12.8 Å². The first-order valence-corrected chi connectivity index (χ1v) is 6.34. The van der Waals surface area contributed by atoms with Crippen LogP contribution in [0.15, 0.2) is 35.2 Å². The highest BCUT2D eigenvalue weighted by Crippen LogP contribution is 2.32. The lowest BCUT2D eigenvalue weighted by Crippen LogP contribution is -2.45. The fraction of sp³-hybridized carbons (Fsp3) is 0.300. The number of benzene rings is 1. The average molecular weight is 277 g/mol. The minimum atomic E-state index is -3.78. The van der Waals surface area contributed by atoms with Gasteiger partial charge in [0.15, 0.2) is 0 Å². The molecule has 1 aromatic rings. The van der Waals surface area contributed by atoms with E-state index in [2.05, 4.69) is 0 Å². The van der Waals surface area contributed by atoms with Gasteiger partial charge in [0.25, 0.3) is 15.9 Å². The van der Waals surface area contributed by atoms with Crippen LogP contribution in [0.4, 0.5) is 0 Å². The molecule has 1 aromatic carbocycles. The summed E-state index contributed by atoms with van der Waals surface area (Å²) in [4.78, 5) is 11.6. The molecule has 0 unspecified atom stereocenters. The molecular weight excluding hydrogens is 264 g/mol. The first-order valence-electron chi connectivity index (χ1n) is 4.85. The summed E-state index contributed by atoms with van der Waals surface area (Å²) < 4.78 is 25.4. The molecule has 0 bridgehead atoms. The second-order valence-corrected chi connectivity index (χ2v) is 5.59. The Balaban J connectivity index is 0.00000144. The Morgan fingerprint density at radius 3 is 2.24 bits per heavy atom. The molecule has 0 aliphatic heterocycles. The third-order valence-electron chi connectivity index (χ3n) is 2.52. The average Bonchev–Trinajstić information content (AvgIpc) is 2.99. The Hall–Kier alpha value is -1.11. The van der Waals surface area contributed by atoms with E-state index in [-0.39, 0.29) is 17.3 Å². The van der Waals surface area contributed by atoms with Crippen molar-refractivity contribution in [2.45, 2.75) is 23.3 Å². The van der Waals surface area contributed by atoms with Crippen molar-refractivity contribution in [1.82, 2.24) is 4.72 Å². The van der Waals surface area contributed by atoms with E-state index in [1.165, 1.54) is 12.1 Å². The molecule has 7 heteroatoms. The summed E-state index contributed by atoms with van der Waals surface area (Å²) in [7, 11) is -3.78. The molecule has 2 rings (SSSR count). The molecule has 0 heterocycles. The maximum Gasteiger partial charge on any atom is 0.264 e. The van der Waals surface area contributed by atoms with E-state index in [9.17, 15) is 13.2 Å². The van der Waals surface area contributed by atoms with Gasteiger partial charge in [-0.25, -0.2) is 13.1 Å². The Labute approximate surface area is 106 Å². The van der Waals surface area contributed by atoms with Crippen LogP contribution >= 0.6 is 12.4 Å². The number of carbonyl (C=O) groups is 1. The zero-order chi connectivity index (χ0) is 11.8. The smallest absolute Gasteiger partial charge is 0.264 e. The van der Waals surface area contributed by atoms with Gasteiger partial charge in [-0.3, -0.25) is 4.79 Å². The van der Waals surface area contributed by atoms with Crippen molar-refractivity contribution >= 4 is 28.3 Å². The van der Waals surface area contributed by atoms with Crippen molar-refractivity contribution in [3.05, 3.63) is 30.3 Å². The lowest BCUT2D eigenvalue weighted by Gasteiger charge is -2.10. The normalized spacial score (nSPS) is 16.8. The maximum absolute atomic E-state index is 11.7. The first-order chi connectivity index (χ1) is 7.44. The number of hydrogen-bond acceptors (Lipinski definition) is 4. The summed E-state index contributed by atoms with van der Waals surface area (Å²) in [6.07, 6.45) is 1.06. The number of hydrogen-bond donors (Lipinski definition) is 2. The molecule has 1 fully saturated rings. The van der Waals surface area contributed by atoms with Gasteiger partial charge in [-0.2, -0.15) is 0 Å². The predicted molar refractivity (Wildman–Crippen MR) is 65.2 cm³/mol. The van der Waals surface area contributed by atoms with Gasteiger partial charge in [0.05, 0.1) is 10.4 Å². The van der Waals surface area contributed by atoms with Gasteiger partial charge in [0, 0.05) is 0 Å². The summed E-state index contributed by atoms with van der Waals surface area (Å²) in [5, 5.41) is 0. The number of nitrogens with one attached hydrogen (secondary N) is 1. The number of nitrogens with two attached hydrogens (primary N) is 1. The minimum absolute atomic E-state index is 0. The van der Waals surface area contributed by atoms with Crippen molar-refractivity contribution < 1.29 is 13.2 Å².